The molecule has 12 nitrogen and oxygen atoms in total. The Balaban J connectivity index is 3.42. The van der Waals surface area contributed by atoms with Crippen LogP contribution in [0.2, 0.25) is 0 Å². The van der Waals surface area contributed by atoms with Crippen molar-refractivity contribution in [3.05, 3.63) is 44.1 Å². The molecule has 0 bridgehead atoms. The number of methoxy groups -OCH3 is 4. The first kappa shape index (κ1) is 23.9. The Bertz CT molecular complexity index is 771. The molecule has 0 aliphatic rings. The molecule has 0 atom stereocenters. The van der Waals surface area contributed by atoms with Crippen LogP contribution in [0.4, 0.5) is 0 Å². The van der Waals surface area contributed by atoms with E-state index >= 15 is 0 Å². The molecule has 1 heterocycles. The van der Waals surface area contributed by atoms with Crippen molar-refractivity contribution in [1.29, 1.82) is 0 Å². The molecule has 0 spiro atoms. The maximum absolute atomic E-state index is 12.7. The molecule has 12 heteroatoms. The Labute approximate surface area is 161 Å². The molecular formula is C16H27N3O9. The number of aromatic nitrogens is 3. The molecule has 0 fully saturated rings. The average molecular weight is 405 g/mol. The molecule has 1 aromatic rings. The molecule has 1 aromatic heterocycles. The van der Waals surface area contributed by atoms with E-state index in [0.717, 1.165) is 4.57 Å². The lowest BCUT2D eigenvalue weighted by Gasteiger charge is -2.27. The minimum Gasteiger partial charge on any atom is -0.331 e. The fourth-order valence-corrected chi connectivity index (χ4v) is 1.95. The molecule has 1 rings (SSSR count). The average Bonchev–Trinajstić information content (AvgIpc) is 2.70. The van der Waals surface area contributed by atoms with E-state index < -0.39 is 42.5 Å². The summed E-state index contributed by atoms with van der Waals surface area (Å²) in [4.78, 5) is 37.9. The van der Waals surface area contributed by atoms with Crippen LogP contribution in [-0.4, -0.2) is 54.1 Å². The lowest BCUT2D eigenvalue weighted by molar-refractivity contribution is -0.364. The summed E-state index contributed by atoms with van der Waals surface area (Å²) in [5.74, 6) is -3.01. The zero-order valence-electron chi connectivity index (χ0n) is 16.9. The molecule has 0 aromatic carbocycles. The topological polar surface area (TPSA) is 121 Å². The zero-order chi connectivity index (χ0) is 21.5. The van der Waals surface area contributed by atoms with E-state index in [1.165, 1.54) is 48.4 Å². The highest BCUT2D eigenvalue weighted by atomic mass is 16.9. The van der Waals surface area contributed by atoms with Crippen LogP contribution in [0.5, 0.6) is 0 Å². The predicted octanol–water partition coefficient (Wildman–Crippen LogP) is -0.761. The smallest absolute Gasteiger partial charge is 0.331 e. The van der Waals surface area contributed by atoms with Gasteiger partial charge in [-0.1, -0.05) is 6.08 Å². The first-order chi connectivity index (χ1) is 13.1. The Morgan fingerprint density at radius 2 is 1.07 bits per heavy atom. The van der Waals surface area contributed by atoms with Gasteiger partial charge in [-0.3, -0.25) is 0 Å². The molecule has 0 aliphatic carbocycles. The van der Waals surface area contributed by atoms with Gasteiger partial charge in [-0.15, -0.1) is 6.58 Å². The normalized spacial score (nSPS) is 12.4. The van der Waals surface area contributed by atoms with Gasteiger partial charge in [-0.25, -0.2) is 28.1 Å². The molecule has 160 valence electrons. The van der Waals surface area contributed by atoms with Crippen molar-refractivity contribution in [2.24, 2.45) is 0 Å². The van der Waals surface area contributed by atoms with Crippen molar-refractivity contribution in [3.63, 3.8) is 0 Å². The van der Waals surface area contributed by atoms with Crippen molar-refractivity contribution in [2.45, 2.75) is 45.8 Å². The summed E-state index contributed by atoms with van der Waals surface area (Å²) in [7, 11) is 5.31. The second-order valence-electron chi connectivity index (χ2n) is 5.69. The van der Waals surface area contributed by atoms with E-state index in [1.54, 1.807) is 0 Å². The molecule has 0 radical (unpaired) electrons. The monoisotopic (exact) mass is 405 g/mol. The number of hydrogen-bond acceptors (Lipinski definition) is 9. The number of nitrogens with zero attached hydrogens (tertiary/aromatic N) is 3. The lowest BCUT2D eigenvalue weighted by atomic mass is 10.6. The Morgan fingerprint density at radius 1 is 0.750 bits per heavy atom. The van der Waals surface area contributed by atoms with Crippen LogP contribution in [0, 0.1) is 0 Å². The van der Waals surface area contributed by atoms with E-state index in [4.69, 9.17) is 28.4 Å². The Hall–Kier alpha value is -2.09. The SMILES string of the molecule is C=CCn1c(=O)n(COC(C)(OC)OC)c(=O)n(COC(C)(OC)OC)c1=O. The van der Waals surface area contributed by atoms with E-state index in [2.05, 4.69) is 6.58 Å². The van der Waals surface area contributed by atoms with Crippen molar-refractivity contribution < 1.29 is 28.4 Å². The van der Waals surface area contributed by atoms with Gasteiger partial charge in [0.2, 0.25) is 0 Å². The molecule has 0 saturated heterocycles. The Morgan fingerprint density at radius 3 is 1.36 bits per heavy atom. The first-order valence-corrected chi connectivity index (χ1v) is 8.15. The minimum absolute atomic E-state index is 0.129. The van der Waals surface area contributed by atoms with Crippen LogP contribution in [0.25, 0.3) is 0 Å². The summed E-state index contributed by atoms with van der Waals surface area (Å²) in [6, 6.07) is 0. The summed E-state index contributed by atoms with van der Waals surface area (Å²) >= 11 is 0. The van der Waals surface area contributed by atoms with Crippen LogP contribution in [-0.2, 0) is 48.4 Å². The summed E-state index contributed by atoms with van der Waals surface area (Å²) < 4.78 is 33.0. The number of rotatable bonds is 12. The number of hydrogen-bond donors (Lipinski definition) is 0. The van der Waals surface area contributed by atoms with Crippen LogP contribution in [0.1, 0.15) is 13.8 Å². The highest BCUT2D eigenvalue weighted by molar-refractivity contribution is 4.81. The standard InChI is InChI=1S/C16H27N3O9/c1-8-9-17-12(20)18(10-27-15(2,23-4)24-5)14(22)19(13(17)21)11-28-16(3,25-6)26-7/h8H,1,9-11H2,2-7H3. The largest absolute Gasteiger partial charge is 0.340 e. The number of allylic oxidation sites excluding steroid dienone is 1. The zero-order valence-corrected chi connectivity index (χ0v) is 16.9. The predicted molar refractivity (Wildman–Crippen MR) is 96.4 cm³/mol. The summed E-state index contributed by atoms with van der Waals surface area (Å²) in [6.07, 6.45) is 1.34. The van der Waals surface area contributed by atoms with Gasteiger partial charge < -0.3 is 28.4 Å². The van der Waals surface area contributed by atoms with Crippen molar-refractivity contribution in [1.82, 2.24) is 13.7 Å². The van der Waals surface area contributed by atoms with Crippen LogP contribution < -0.4 is 17.1 Å². The third-order valence-electron chi connectivity index (χ3n) is 4.09. The van der Waals surface area contributed by atoms with Gasteiger partial charge in [0.25, 0.3) is 11.9 Å². The van der Waals surface area contributed by atoms with Crippen LogP contribution in [0.3, 0.4) is 0 Å². The van der Waals surface area contributed by atoms with Gasteiger partial charge in [0.1, 0.15) is 13.5 Å². The highest BCUT2D eigenvalue weighted by Crippen LogP contribution is 2.12. The summed E-state index contributed by atoms with van der Waals surface area (Å²) in [5.41, 5.74) is -2.73. The highest BCUT2D eigenvalue weighted by Gasteiger charge is 2.27. The van der Waals surface area contributed by atoms with Gasteiger partial charge in [0.05, 0.1) is 6.54 Å². The third-order valence-corrected chi connectivity index (χ3v) is 4.09. The molecule has 0 aliphatic heterocycles. The second-order valence-corrected chi connectivity index (χ2v) is 5.69. The Kier molecular flexibility index (Phi) is 8.48. The molecule has 0 N–H and O–H groups in total. The summed E-state index contributed by atoms with van der Waals surface area (Å²) in [6.45, 7) is 5.18. The van der Waals surface area contributed by atoms with Gasteiger partial charge in [0.15, 0.2) is 0 Å². The molecule has 0 saturated carbocycles. The molecule has 0 amide bonds. The fourth-order valence-electron chi connectivity index (χ4n) is 1.95. The number of ether oxygens (including phenoxy) is 6. The van der Waals surface area contributed by atoms with Crippen LogP contribution in [0.15, 0.2) is 27.0 Å². The van der Waals surface area contributed by atoms with Gasteiger partial charge in [-0.05, 0) is 0 Å². The van der Waals surface area contributed by atoms with E-state index in [9.17, 15) is 14.4 Å². The third kappa shape index (κ3) is 5.25. The van der Waals surface area contributed by atoms with Gasteiger partial charge in [0, 0.05) is 42.3 Å². The van der Waals surface area contributed by atoms with Crippen LogP contribution >= 0.6 is 0 Å². The van der Waals surface area contributed by atoms with Gasteiger partial charge >= 0.3 is 17.1 Å². The molecular weight excluding hydrogens is 378 g/mol. The quantitative estimate of drug-likeness (QED) is 0.326. The second kappa shape index (κ2) is 9.91. The van der Waals surface area contributed by atoms with Crippen molar-refractivity contribution in [3.8, 4) is 0 Å². The molecule has 28 heavy (non-hydrogen) atoms. The van der Waals surface area contributed by atoms with E-state index in [-0.39, 0.29) is 6.54 Å². The van der Waals surface area contributed by atoms with E-state index in [0.29, 0.717) is 9.13 Å². The van der Waals surface area contributed by atoms with Crippen molar-refractivity contribution >= 4 is 0 Å². The minimum atomic E-state index is -1.50. The maximum Gasteiger partial charge on any atom is 0.340 e. The van der Waals surface area contributed by atoms with Gasteiger partial charge in [-0.2, -0.15) is 0 Å². The fraction of sp³-hybridized carbons (Fsp3) is 0.688. The molecule has 0 unspecified atom stereocenters. The summed E-state index contributed by atoms with van der Waals surface area (Å²) in [5, 5.41) is 0. The first-order valence-electron chi connectivity index (χ1n) is 8.15. The maximum atomic E-state index is 12.7. The lowest BCUT2D eigenvalue weighted by Crippen LogP contribution is -2.56. The van der Waals surface area contributed by atoms with Crippen molar-refractivity contribution in [2.75, 3.05) is 28.4 Å². The van der Waals surface area contributed by atoms with E-state index in [1.807, 2.05) is 0 Å².